The molecule has 32 heavy (non-hydrogen) atoms. The van der Waals surface area contributed by atoms with Crippen molar-refractivity contribution in [3.05, 3.63) is 52.8 Å². The van der Waals surface area contributed by atoms with Crippen molar-refractivity contribution in [3.63, 3.8) is 0 Å². The maximum Gasteiger partial charge on any atom is 0.228 e. The molecule has 1 aromatic carbocycles. The highest BCUT2D eigenvalue weighted by molar-refractivity contribution is 5.38. The Morgan fingerprint density at radius 2 is 1.81 bits per heavy atom. The van der Waals surface area contributed by atoms with Gasteiger partial charge < -0.3 is 24.4 Å². The van der Waals surface area contributed by atoms with Gasteiger partial charge in [0.05, 0.1) is 18.3 Å². The Balaban J connectivity index is 2.28. The molecule has 0 radical (unpaired) electrons. The number of ether oxygens (including phenoxy) is 3. The lowest BCUT2D eigenvalue weighted by atomic mass is 9.93. The van der Waals surface area contributed by atoms with Crippen molar-refractivity contribution in [2.24, 2.45) is 5.92 Å². The highest BCUT2D eigenvalue weighted by Gasteiger charge is 2.38. The van der Waals surface area contributed by atoms with E-state index >= 15 is 0 Å². The number of hydrogen-bond donors (Lipinski definition) is 2. The summed E-state index contributed by atoms with van der Waals surface area (Å²) in [6, 6.07) is 8.15. The van der Waals surface area contributed by atoms with Crippen LogP contribution in [0.25, 0.3) is 0 Å². The Morgan fingerprint density at radius 1 is 1.16 bits per heavy atom. The zero-order valence-electron chi connectivity index (χ0n) is 20.8. The molecular formula is C27H42O5. The van der Waals surface area contributed by atoms with Gasteiger partial charge in [0, 0.05) is 12.8 Å². The highest BCUT2D eigenvalue weighted by Crippen LogP contribution is 2.31. The summed E-state index contributed by atoms with van der Waals surface area (Å²) in [5.41, 5.74) is 3.48. The van der Waals surface area contributed by atoms with Crippen LogP contribution in [-0.4, -0.2) is 40.9 Å². The fraction of sp³-hybridized carbons (Fsp3) is 0.630. The number of rotatable bonds is 10. The average molecular weight is 447 g/mol. The molecule has 1 aromatic rings. The first kappa shape index (κ1) is 26.4. The van der Waals surface area contributed by atoms with E-state index in [1.165, 1.54) is 5.57 Å². The molecule has 1 aliphatic heterocycles. The van der Waals surface area contributed by atoms with Crippen molar-refractivity contribution in [1.82, 2.24) is 0 Å². The van der Waals surface area contributed by atoms with Crippen LogP contribution in [0.2, 0.25) is 0 Å². The lowest BCUT2D eigenvalue weighted by Crippen LogP contribution is -2.49. The molecule has 0 aromatic heterocycles. The second-order valence-corrected chi connectivity index (χ2v) is 9.44. The highest BCUT2D eigenvalue weighted by atomic mass is 16.7. The molecule has 4 atom stereocenters. The first-order chi connectivity index (χ1) is 15.1. The third-order valence-corrected chi connectivity index (χ3v) is 5.67. The van der Waals surface area contributed by atoms with Gasteiger partial charge in [-0.15, -0.1) is 0 Å². The Hall–Kier alpha value is -1.82. The average Bonchev–Trinajstić information content (AvgIpc) is 2.73. The molecule has 0 aliphatic carbocycles. The van der Waals surface area contributed by atoms with E-state index < -0.39 is 18.5 Å². The predicted octanol–water partition coefficient (Wildman–Crippen LogP) is 5.55. The van der Waals surface area contributed by atoms with Gasteiger partial charge in [0.25, 0.3) is 0 Å². The van der Waals surface area contributed by atoms with E-state index in [0.717, 1.165) is 29.7 Å². The molecule has 1 saturated heterocycles. The van der Waals surface area contributed by atoms with Gasteiger partial charge in [0.1, 0.15) is 17.6 Å². The van der Waals surface area contributed by atoms with Crippen LogP contribution in [0.5, 0.6) is 5.75 Å². The molecule has 0 amide bonds. The van der Waals surface area contributed by atoms with Crippen LogP contribution in [0.15, 0.2) is 47.2 Å². The second-order valence-electron chi connectivity index (χ2n) is 9.44. The van der Waals surface area contributed by atoms with Crippen molar-refractivity contribution in [2.45, 2.75) is 105 Å². The summed E-state index contributed by atoms with van der Waals surface area (Å²) in [6.07, 6.45) is 1.93. The van der Waals surface area contributed by atoms with Gasteiger partial charge in [-0.3, -0.25) is 0 Å². The van der Waals surface area contributed by atoms with Gasteiger partial charge in [0.15, 0.2) is 0 Å². The second kappa shape index (κ2) is 12.4. The van der Waals surface area contributed by atoms with Gasteiger partial charge in [-0.25, -0.2) is 0 Å². The molecular weight excluding hydrogens is 404 g/mol. The molecule has 0 bridgehead atoms. The summed E-state index contributed by atoms with van der Waals surface area (Å²) in [7, 11) is 0. The number of aliphatic hydroxyl groups is 2. The molecule has 0 unspecified atom stereocenters. The van der Waals surface area contributed by atoms with Crippen molar-refractivity contribution >= 4 is 0 Å². The Morgan fingerprint density at radius 3 is 2.34 bits per heavy atom. The summed E-state index contributed by atoms with van der Waals surface area (Å²) in [5.74, 6) is 2.06. The van der Waals surface area contributed by atoms with Gasteiger partial charge in [-0.2, -0.15) is 0 Å². The van der Waals surface area contributed by atoms with E-state index in [0.29, 0.717) is 24.5 Å². The standard InChI is InChI=1S/C27H42O5/c1-8-21-16-24(28)26(29)27(31-21)32-25(9-2)23(19(7)14-17(3)4)15-20-10-12-22(13-11-20)30-18(5)6/h9-13,17-18,21,24,26-29H,8,14-16H2,1-7H3/b23-19-,25-9+/t21-,24+,26-,27+/m1/s1. The quantitative estimate of drug-likeness (QED) is 0.364. The smallest absolute Gasteiger partial charge is 0.228 e. The molecule has 1 aliphatic rings. The van der Waals surface area contributed by atoms with Crippen LogP contribution in [0.1, 0.15) is 73.3 Å². The van der Waals surface area contributed by atoms with E-state index in [2.05, 4.69) is 32.9 Å². The van der Waals surface area contributed by atoms with Gasteiger partial charge in [0.2, 0.25) is 6.29 Å². The van der Waals surface area contributed by atoms with Crippen LogP contribution in [0.3, 0.4) is 0 Å². The monoisotopic (exact) mass is 446 g/mol. The predicted molar refractivity (Wildman–Crippen MR) is 128 cm³/mol. The van der Waals surface area contributed by atoms with Crippen LogP contribution in [0.4, 0.5) is 0 Å². The zero-order chi connectivity index (χ0) is 23.8. The molecule has 2 rings (SSSR count). The topological polar surface area (TPSA) is 68.2 Å². The first-order valence-corrected chi connectivity index (χ1v) is 11.9. The minimum absolute atomic E-state index is 0.130. The summed E-state index contributed by atoms with van der Waals surface area (Å²) < 4.78 is 17.9. The van der Waals surface area contributed by atoms with E-state index in [4.69, 9.17) is 14.2 Å². The van der Waals surface area contributed by atoms with Gasteiger partial charge in [-0.05, 0) is 75.8 Å². The van der Waals surface area contributed by atoms with Crippen LogP contribution in [-0.2, 0) is 15.9 Å². The largest absolute Gasteiger partial charge is 0.491 e. The third kappa shape index (κ3) is 7.65. The molecule has 2 N–H and O–H groups in total. The normalized spacial score (nSPS) is 25.2. The van der Waals surface area contributed by atoms with E-state index in [1.54, 1.807) is 0 Å². The molecule has 180 valence electrons. The number of hydrogen-bond acceptors (Lipinski definition) is 5. The van der Waals surface area contributed by atoms with Crippen molar-refractivity contribution in [2.75, 3.05) is 0 Å². The maximum atomic E-state index is 10.5. The molecule has 0 spiro atoms. The number of allylic oxidation sites excluding steroid dienone is 3. The Bertz CT molecular complexity index is 763. The maximum absolute atomic E-state index is 10.5. The Labute approximate surface area is 194 Å². The van der Waals surface area contributed by atoms with Crippen LogP contribution in [0, 0.1) is 5.92 Å². The number of aliphatic hydroxyl groups excluding tert-OH is 2. The minimum atomic E-state index is -1.08. The van der Waals surface area contributed by atoms with Crippen LogP contribution >= 0.6 is 0 Å². The van der Waals surface area contributed by atoms with E-state index in [9.17, 15) is 10.2 Å². The van der Waals surface area contributed by atoms with Gasteiger partial charge in [-0.1, -0.05) is 38.5 Å². The minimum Gasteiger partial charge on any atom is -0.491 e. The van der Waals surface area contributed by atoms with Gasteiger partial charge >= 0.3 is 0 Å². The van der Waals surface area contributed by atoms with Crippen molar-refractivity contribution < 1.29 is 24.4 Å². The summed E-state index contributed by atoms with van der Waals surface area (Å²) >= 11 is 0. The third-order valence-electron chi connectivity index (χ3n) is 5.67. The summed E-state index contributed by atoms with van der Waals surface area (Å²) in [4.78, 5) is 0. The lowest BCUT2D eigenvalue weighted by Gasteiger charge is -2.37. The summed E-state index contributed by atoms with van der Waals surface area (Å²) in [5, 5.41) is 20.8. The van der Waals surface area contributed by atoms with Crippen molar-refractivity contribution in [1.29, 1.82) is 0 Å². The SMILES string of the molecule is C/C=C(O[C@@H]1O[C@H](CC)C[C@H](O)[C@H]1O)\C(Cc1ccc(OC(C)C)cc1)=C(\C)CC(C)C. The lowest BCUT2D eigenvalue weighted by molar-refractivity contribution is -0.253. The van der Waals surface area contributed by atoms with E-state index in [1.807, 2.05) is 45.9 Å². The fourth-order valence-electron chi connectivity index (χ4n) is 4.06. The number of benzene rings is 1. The molecule has 1 fully saturated rings. The van der Waals surface area contributed by atoms with E-state index in [-0.39, 0.29) is 12.2 Å². The molecule has 1 heterocycles. The zero-order valence-corrected chi connectivity index (χ0v) is 20.8. The fourth-order valence-corrected chi connectivity index (χ4v) is 4.06. The Kier molecular flexibility index (Phi) is 10.3. The van der Waals surface area contributed by atoms with Crippen molar-refractivity contribution in [3.8, 4) is 5.75 Å². The first-order valence-electron chi connectivity index (χ1n) is 11.9. The van der Waals surface area contributed by atoms with Crippen LogP contribution < -0.4 is 4.74 Å². The molecule has 0 saturated carbocycles. The molecule has 5 nitrogen and oxygen atoms in total. The molecule has 5 heteroatoms. The summed E-state index contributed by atoms with van der Waals surface area (Å²) in [6.45, 7) is 14.5.